The van der Waals surface area contributed by atoms with Gasteiger partial charge in [0.15, 0.2) is 11.6 Å². The quantitative estimate of drug-likeness (QED) is 0.796. The van der Waals surface area contributed by atoms with Gasteiger partial charge in [-0.15, -0.1) is 0 Å². The van der Waals surface area contributed by atoms with Crippen LogP contribution in [0.15, 0.2) is 48.5 Å². The van der Waals surface area contributed by atoms with Gasteiger partial charge in [-0.25, -0.2) is 13.8 Å². The number of nitrogens with zero attached hydrogens (tertiary/aromatic N) is 1. The highest BCUT2D eigenvalue weighted by Gasteiger charge is 2.11. The van der Waals surface area contributed by atoms with Crippen LogP contribution in [0.2, 0.25) is 0 Å². The maximum Gasteiger partial charge on any atom is 0.227 e. The third-order valence-corrected chi connectivity index (χ3v) is 3.02. The molecule has 5 heteroatoms. The topological polar surface area (TPSA) is 42.4 Å². The summed E-state index contributed by atoms with van der Waals surface area (Å²) in [7, 11) is 0. The highest BCUT2D eigenvalue weighted by Crippen LogP contribution is 2.30. The predicted octanol–water partition coefficient (Wildman–Crippen LogP) is 3.80. The zero-order chi connectivity index (χ0) is 14.8. The summed E-state index contributed by atoms with van der Waals surface area (Å²) < 4.78 is 32.0. The lowest BCUT2D eigenvalue weighted by molar-refractivity contribution is 0.275. The van der Waals surface area contributed by atoms with Crippen molar-refractivity contribution in [3.8, 4) is 11.6 Å². The highest BCUT2D eigenvalue weighted by atomic mass is 19.1. The Kier molecular flexibility index (Phi) is 3.50. The molecule has 3 nitrogen and oxygen atoms in total. The average Bonchev–Trinajstić information content (AvgIpc) is 2.49. The Morgan fingerprint density at radius 1 is 1.05 bits per heavy atom. The van der Waals surface area contributed by atoms with Crippen LogP contribution in [-0.2, 0) is 6.61 Å². The van der Waals surface area contributed by atoms with E-state index in [2.05, 4.69) is 4.98 Å². The monoisotopic (exact) mass is 287 g/mol. The van der Waals surface area contributed by atoms with E-state index >= 15 is 0 Å². The summed E-state index contributed by atoms with van der Waals surface area (Å²) in [6.45, 7) is -0.257. The van der Waals surface area contributed by atoms with Gasteiger partial charge in [-0.1, -0.05) is 18.2 Å². The van der Waals surface area contributed by atoms with E-state index in [1.54, 1.807) is 18.2 Å². The van der Waals surface area contributed by atoms with Gasteiger partial charge in [-0.05, 0) is 29.7 Å². The molecule has 0 atom stereocenters. The third kappa shape index (κ3) is 2.68. The molecule has 3 rings (SSSR count). The second kappa shape index (κ2) is 5.46. The van der Waals surface area contributed by atoms with E-state index in [0.717, 1.165) is 17.5 Å². The van der Waals surface area contributed by atoms with Gasteiger partial charge >= 0.3 is 0 Å². The Morgan fingerprint density at radius 2 is 1.86 bits per heavy atom. The first kappa shape index (κ1) is 13.5. The minimum atomic E-state index is -0.810. The Hall–Kier alpha value is -2.53. The number of rotatable bonds is 3. The number of aliphatic hydroxyl groups is 1. The first-order valence-corrected chi connectivity index (χ1v) is 6.30. The van der Waals surface area contributed by atoms with Crippen molar-refractivity contribution in [1.29, 1.82) is 0 Å². The van der Waals surface area contributed by atoms with Crippen LogP contribution in [0.3, 0.4) is 0 Å². The molecular weight excluding hydrogens is 276 g/mol. The molecule has 0 radical (unpaired) electrons. The second-order valence-corrected chi connectivity index (χ2v) is 4.47. The molecule has 0 unspecified atom stereocenters. The van der Waals surface area contributed by atoms with Crippen molar-refractivity contribution in [2.45, 2.75) is 6.61 Å². The minimum Gasteiger partial charge on any atom is -0.435 e. The van der Waals surface area contributed by atoms with E-state index in [1.165, 1.54) is 6.07 Å². The number of halogens is 2. The molecule has 0 fully saturated rings. The minimum absolute atomic E-state index is 0.121. The van der Waals surface area contributed by atoms with Crippen LogP contribution in [-0.4, -0.2) is 10.1 Å². The molecule has 2 aromatic carbocycles. The molecular formula is C16H11F2NO2. The lowest BCUT2D eigenvalue weighted by Gasteiger charge is -2.10. The van der Waals surface area contributed by atoms with Crippen molar-refractivity contribution in [2.75, 3.05) is 0 Å². The standard InChI is InChI=1S/C16H11F2NO2/c17-11-5-6-15(14(18)8-11)21-16-13-4-2-1-3-10(13)7-12(9-20)19-16/h1-8,20H,9H2. The van der Waals surface area contributed by atoms with E-state index in [4.69, 9.17) is 4.74 Å². The number of fused-ring (bicyclic) bond motifs is 1. The Balaban J connectivity index is 2.10. The molecule has 1 heterocycles. The van der Waals surface area contributed by atoms with Gasteiger partial charge in [-0.2, -0.15) is 0 Å². The molecule has 0 saturated carbocycles. The SMILES string of the molecule is OCc1cc2ccccc2c(Oc2ccc(F)cc2F)n1. The van der Waals surface area contributed by atoms with Crippen molar-refractivity contribution in [3.63, 3.8) is 0 Å². The van der Waals surface area contributed by atoms with Gasteiger partial charge in [0.25, 0.3) is 0 Å². The molecule has 21 heavy (non-hydrogen) atoms. The van der Waals surface area contributed by atoms with Gasteiger partial charge in [-0.3, -0.25) is 0 Å². The van der Waals surface area contributed by atoms with Crippen molar-refractivity contribution in [1.82, 2.24) is 4.98 Å². The zero-order valence-electron chi connectivity index (χ0n) is 10.9. The molecule has 106 valence electrons. The van der Waals surface area contributed by atoms with Crippen LogP contribution in [0.4, 0.5) is 8.78 Å². The molecule has 3 aromatic rings. The predicted molar refractivity (Wildman–Crippen MR) is 74.1 cm³/mol. The number of hydrogen-bond donors (Lipinski definition) is 1. The van der Waals surface area contributed by atoms with Crippen molar-refractivity contribution in [2.24, 2.45) is 0 Å². The van der Waals surface area contributed by atoms with Gasteiger partial charge < -0.3 is 9.84 Å². The van der Waals surface area contributed by atoms with Gasteiger partial charge in [0.05, 0.1) is 12.3 Å². The highest BCUT2D eigenvalue weighted by molar-refractivity contribution is 5.87. The Bertz CT molecular complexity index is 805. The van der Waals surface area contributed by atoms with Crippen molar-refractivity contribution >= 4 is 10.8 Å². The summed E-state index contributed by atoms with van der Waals surface area (Å²) in [6, 6.07) is 12.0. The summed E-state index contributed by atoms with van der Waals surface area (Å²) in [6.07, 6.45) is 0. The van der Waals surface area contributed by atoms with Crippen molar-refractivity contribution in [3.05, 3.63) is 65.9 Å². The fourth-order valence-corrected chi connectivity index (χ4v) is 2.04. The van der Waals surface area contributed by atoms with Gasteiger partial charge in [0.2, 0.25) is 5.88 Å². The van der Waals surface area contributed by atoms with Crippen LogP contribution in [0.5, 0.6) is 11.6 Å². The smallest absolute Gasteiger partial charge is 0.227 e. The molecule has 1 aromatic heterocycles. The third-order valence-electron chi connectivity index (χ3n) is 3.02. The van der Waals surface area contributed by atoms with Crippen LogP contribution in [0.25, 0.3) is 10.8 Å². The van der Waals surface area contributed by atoms with Crippen LogP contribution >= 0.6 is 0 Å². The lowest BCUT2D eigenvalue weighted by Crippen LogP contribution is -1.97. The molecule has 0 amide bonds. The van der Waals surface area contributed by atoms with E-state index in [0.29, 0.717) is 11.1 Å². The van der Waals surface area contributed by atoms with Crippen molar-refractivity contribution < 1.29 is 18.6 Å². The number of benzene rings is 2. The summed E-state index contributed by atoms with van der Waals surface area (Å²) >= 11 is 0. The second-order valence-electron chi connectivity index (χ2n) is 4.47. The Labute approximate surface area is 119 Å². The maximum absolute atomic E-state index is 13.7. The fourth-order valence-electron chi connectivity index (χ4n) is 2.04. The first-order valence-electron chi connectivity index (χ1n) is 6.30. The summed E-state index contributed by atoms with van der Waals surface area (Å²) in [5.41, 5.74) is 0.409. The fraction of sp³-hybridized carbons (Fsp3) is 0.0625. The van der Waals surface area contributed by atoms with Crippen LogP contribution in [0, 0.1) is 11.6 Å². The average molecular weight is 287 g/mol. The molecule has 0 aliphatic heterocycles. The van der Waals surface area contributed by atoms with E-state index in [-0.39, 0.29) is 18.2 Å². The summed E-state index contributed by atoms with van der Waals surface area (Å²) in [4.78, 5) is 4.15. The zero-order valence-corrected chi connectivity index (χ0v) is 10.9. The number of aliphatic hydroxyl groups excluding tert-OH is 1. The number of hydrogen-bond acceptors (Lipinski definition) is 3. The maximum atomic E-state index is 13.7. The Morgan fingerprint density at radius 3 is 2.62 bits per heavy atom. The molecule has 0 aliphatic carbocycles. The number of pyridine rings is 1. The van der Waals surface area contributed by atoms with Crippen LogP contribution in [0.1, 0.15) is 5.69 Å². The van der Waals surface area contributed by atoms with E-state index < -0.39 is 11.6 Å². The summed E-state index contributed by atoms with van der Waals surface area (Å²) in [5.74, 6) is -1.44. The molecule has 1 N–H and O–H groups in total. The largest absolute Gasteiger partial charge is 0.435 e. The first-order chi connectivity index (χ1) is 10.2. The van der Waals surface area contributed by atoms with Gasteiger partial charge in [0, 0.05) is 11.5 Å². The molecule has 0 spiro atoms. The molecule has 0 bridgehead atoms. The number of aromatic nitrogens is 1. The van der Waals surface area contributed by atoms with E-state index in [9.17, 15) is 13.9 Å². The molecule has 0 saturated heterocycles. The van der Waals surface area contributed by atoms with Crippen LogP contribution < -0.4 is 4.74 Å². The normalized spacial score (nSPS) is 10.8. The number of ether oxygens (including phenoxy) is 1. The van der Waals surface area contributed by atoms with Gasteiger partial charge in [0.1, 0.15) is 5.82 Å². The van der Waals surface area contributed by atoms with E-state index in [1.807, 2.05) is 12.1 Å². The molecule has 0 aliphatic rings. The summed E-state index contributed by atoms with van der Waals surface area (Å²) in [5, 5.41) is 10.7. The lowest BCUT2D eigenvalue weighted by atomic mass is 10.1.